The van der Waals surface area contributed by atoms with Crippen molar-refractivity contribution in [3.05, 3.63) is 0 Å². The lowest BCUT2D eigenvalue weighted by Gasteiger charge is -2.12. The number of nitrogens with one attached hydrogen (secondary N) is 2. The molecule has 0 aliphatic heterocycles. The summed E-state index contributed by atoms with van der Waals surface area (Å²) in [6.45, 7) is 4.15. The quantitative estimate of drug-likeness (QED) is 0.577. The first-order valence-electron chi connectivity index (χ1n) is 6.21. The molecule has 0 saturated heterocycles. The van der Waals surface area contributed by atoms with E-state index in [1.165, 1.54) is 19.3 Å². The van der Waals surface area contributed by atoms with E-state index < -0.39 is 0 Å². The van der Waals surface area contributed by atoms with Gasteiger partial charge >= 0.3 is 0 Å². The van der Waals surface area contributed by atoms with E-state index in [2.05, 4.69) is 17.6 Å². The maximum atomic E-state index is 11.3. The molecule has 1 rings (SSSR count). The normalized spacial score (nSPS) is 17.1. The van der Waals surface area contributed by atoms with Gasteiger partial charge in [0.15, 0.2) is 0 Å². The van der Waals surface area contributed by atoms with E-state index in [1.807, 2.05) is 0 Å². The van der Waals surface area contributed by atoms with Gasteiger partial charge in [0.1, 0.15) is 0 Å². The number of rotatable bonds is 9. The van der Waals surface area contributed by atoms with Crippen LogP contribution in [0.5, 0.6) is 0 Å². The first-order chi connectivity index (χ1) is 7.72. The molecule has 1 saturated carbocycles. The molecule has 1 aliphatic carbocycles. The van der Waals surface area contributed by atoms with Gasteiger partial charge in [-0.15, -0.1) is 0 Å². The minimum atomic E-state index is 0.100. The highest BCUT2D eigenvalue weighted by Crippen LogP contribution is 2.33. The van der Waals surface area contributed by atoms with E-state index in [9.17, 15) is 4.79 Å². The summed E-state index contributed by atoms with van der Waals surface area (Å²) in [5.41, 5.74) is 0. The fraction of sp³-hybridized carbons (Fsp3) is 0.917. The predicted molar refractivity (Wildman–Crippen MR) is 64.3 cm³/mol. The van der Waals surface area contributed by atoms with E-state index in [0.717, 1.165) is 12.5 Å². The number of ether oxygens (including phenoxy) is 1. The van der Waals surface area contributed by atoms with Gasteiger partial charge in [-0.2, -0.15) is 0 Å². The SMILES string of the molecule is COCCNC(=O)CCNC(C)CC1CC1. The molecule has 0 heterocycles. The van der Waals surface area contributed by atoms with Crippen molar-refractivity contribution in [3.63, 3.8) is 0 Å². The summed E-state index contributed by atoms with van der Waals surface area (Å²) in [6.07, 6.45) is 4.59. The van der Waals surface area contributed by atoms with Crippen molar-refractivity contribution >= 4 is 5.91 Å². The van der Waals surface area contributed by atoms with Crippen LogP contribution < -0.4 is 10.6 Å². The van der Waals surface area contributed by atoms with Gasteiger partial charge in [-0.1, -0.05) is 12.8 Å². The van der Waals surface area contributed by atoms with Crippen LogP contribution in [0.2, 0.25) is 0 Å². The summed E-state index contributed by atoms with van der Waals surface area (Å²) < 4.78 is 4.86. The molecule has 1 aliphatic rings. The van der Waals surface area contributed by atoms with Crippen LogP contribution in [-0.2, 0) is 9.53 Å². The second-order valence-corrected chi connectivity index (χ2v) is 4.63. The largest absolute Gasteiger partial charge is 0.383 e. The number of carbonyl (C=O) groups excluding carboxylic acids is 1. The third-order valence-electron chi connectivity index (χ3n) is 2.86. The monoisotopic (exact) mass is 228 g/mol. The maximum Gasteiger partial charge on any atom is 0.221 e. The highest BCUT2D eigenvalue weighted by atomic mass is 16.5. The van der Waals surface area contributed by atoms with Crippen LogP contribution in [0.25, 0.3) is 0 Å². The van der Waals surface area contributed by atoms with Crippen molar-refractivity contribution in [3.8, 4) is 0 Å². The van der Waals surface area contributed by atoms with E-state index in [-0.39, 0.29) is 5.91 Å². The first-order valence-corrected chi connectivity index (χ1v) is 6.21. The van der Waals surface area contributed by atoms with Gasteiger partial charge in [0, 0.05) is 32.7 Å². The Morgan fingerprint density at radius 1 is 1.44 bits per heavy atom. The average Bonchev–Trinajstić information content (AvgIpc) is 3.02. The summed E-state index contributed by atoms with van der Waals surface area (Å²) in [4.78, 5) is 11.3. The van der Waals surface area contributed by atoms with Crippen LogP contribution in [-0.4, -0.2) is 38.8 Å². The number of amides is 1. The minimum absolute atomic E-state index is 0.100. The van der Waals surface area contributed by atoms with E-state index in [0.29, 0.717) is 25.6 Å². The van der Waals surface area contributed by atoms with Crippen LogP contribution in [0.3, 0.4) is 0 Å². The highest BCUT2D eigenvalue weighted by Gasteiger charge is 2.23. The summed E-state index contributed by atoms with van der Waals surface area (Å²) in [6, 6.07) is 0.541. The summed E-state index contributed by atoms with van der Waals surface area (Å²) in [5, 5.41) is 6.19. The number of methoxy groups -OCH3 is 1. The van der Waals surface area contributed by atoms with Crippen LogP contribution in [0.15, 0.2) is 0 Å². The molecule has 4 heteroatoms. The highest BCUT2D eigenvalue weighted by molar-refractivity contribution is 5.76. The van der Waals surface area contributed by atoms with Crippen molar-refractivity contribution in [1.82, 2.24) is 10.6 Å². The fourth-order valence-electron chi connectivity index (χ4n) is 1.75. The van der Waals surface area contributed by atoms with Crippen molar-refractivity contribution < 1.29 is 9.53 Å². The number of carbonyl (C=O) groups is 1. The second kappa shape index (κ2) is 7.63. The molecule has 94 valence electrons. The Morgan fingerprint density at radius 3 is 2.81 bits per heavy atom. The van der Waals surface area contributed by atoms with E-state index in [4.69, 9.17) is 4.74 Å². The van der Waals surface area contributed by atoms with Gasteiger partial charge < -0.3 is 15.4 Å². The maximum absolute atomic E-state index is 11.3. The van der Waals surface area contributed by atoms with Gasteiger partial charge in [-0.05, 0) is 19.3 Å². The summed E-state index contributed by atoms with van der Waals surface area (Å²) >= 11 is 0. The Morgan fingerprint density at radius 2 is 2.19 bits per heavy atom. The Labute approximate surface area is 98.1 Å². The van der Waals surface area contributed by atoms with Crippen LogP contribution in [0.4, 0.5) is 0 Å². The molecular weight excluding hydrogens is 204 g/mol. The molecule has 0 bridgehead atoms. The molecule has 1 atom stereocenters. The smallest absolute Gasteiger partial charge is 0.221 e. The molecule has 0 aromatic heterocycles. The minimum Gasteiger partial charge on any atom is -0.383 e. The molecule has 1 unspecified atom stereocenters. The standard InChI is InChI=1S/C12H24N2O2/c1-10(9-11-3-4-11)13-6-5-12(15)14-7-8-16-2/h10-11,13H,3-9H2,1-2H3,(H,14,15). The molecule has 0 spiro atoms. The molecule has 0 radical (unpaired) electrons. The van der Waals surface area contributed by atoms with Crippen LogP contribution in [0.1, 0.15) is 32.6 Å². The van der Waals surface area contributed by atoms with Gasteiger partial charge in [-0.3, -0.25) is 4.79 Å². The molecule has 0 aromatic carbocycles. The molecule has 1 fully saturated rings. The molecular formula is C12H24N2O2. The fourth-order valence-corrected chi connectivity index (χ4v) is 1.75. The molecule has 0 aromatic rings. The van der Waals surface area contributed by atoms with Gasteiger partial charge in [0.2, 0.25) is 5.91 Å². The molecule has 2 N–H and O–H groups in total. The lowest BCUT2D eigenvalue weighted by Crippen LogP contribution is -2.33. The zero-order valence-electron chi connectivity index (χ0n) is 10.4. The first kappa shape index (κ1) is 13.5. The topological polar surface area (TPSA) is 50.4 Å². The van der Waals surface area contributed by atoms with Crippen molar-refractivity contribution in [2.24, 2.45) is 5.92 Å². The van der Waals surface area contributed by atoms with Crippen LogP contribution in [0, 0.1) is 5.92 Å². The van der Waals surface area contributed by atoms with Crippen molar-refractivity contribution in [1.29, 1.82) is 0 Å². The zero-order valence-corrected chi connectivity index (χ0v) is 10.4. The van der Waals surface area contributed by atoms with Gasteiger partial charge in [-0.25, -0.2) is 0 Å². The third-order valence-corrected chi connectivity index (χ3v) is 2.86. The van der Waals surface area contributed by atoms with Gasteiger partial charge in [0.05, 0.1) is 6.61 Å². The van der Waals surface area contributed by atoms with Crippen molar-refractivity contribution in [2.75, 3.05) is 26.8 Å². The molecule has 4 nitrogen and oxygen atoms in total. The summed E-state index contributed by atoms with van der Waals surface area (Å²) in [7, 11) is 1.63. The van der Waals surface area contributed by atoms with Crippen LogP contribution >= 0.6 is 0 Å². The Hall–Kier alpha value is -0.610. The molecule has 16 heavy (non-hydrogen) atoms. The Kier molecular flexibility index (Phi) is 6.42. The predicted octanol–water partition coefficient (Wildman–Crippen LogP) is 0.917. The lowest BCUT2D eigenvalue weighted by atomic mass is 10.1. The summed E-state index contributed by atoms with van der Waals surface area (Å²) in [5.74, 6) is 1.04. The molecule has 1 amide bonds. The van der Waals surface area contributed by atoms with E-state index >= 15 is 0 Å². The number of hydrogen-bond acceptors (Lipinski definition) is 3. The average molecular weight is 228 g/mol. The van der Waals surface area contributed by atoms with E-state index in [1.54, 1.807) is 7.11 Å². The third kappa shape index (κ3) is 6.80. The van der Waals surface area contributed by atoms with Crippen molar-refractivity contribution in [2.45, 2.75) is 38.6 Å². The zero-order chi connectivity index (χ0) is 11.8. The Bertz CT molecular complexity index is 205. The Balaban J connectivity index is 1.90. The lowest BCUT2D eigenvalue weighted by molar-refractivity contribution is -0.121. The second-order valence-electron chi connectivity index (χ2n) is 4.63. The van der Waals surface area contributed by atoms with Gasteiger partial charge in [0.25, 0.3) is 0 Å². The number of hydrogen-bond donors (Lipinski definition) is 2.